The number of para-hydroxylation sites is 1. The molecule has 1 aliphatic carbocycles. The van der Waals surface area contributed by atoms with Crippen LogP contribution in [0.1, 0.15) is 63.4 Å². The van der Waals surface area contributed by atoms with Crippen molar-refractivity contribution in [2.75, 3.05) is 20.2 Å². The third-order valence-corrected chi connectivity index (χ3v) is 6.33. The minimum Gasteiger partial charge on any atom is -0.496 e. The molecule has 0 spiro atoms. The number of benzene rings is 1. The van der Waals surface area contributed by atoms with E-state index in [0.717, 1.165) is 57.2 Å². The molecule has 3 aliphatic rings. The second-order valence-electron chi connectivity index (χ2n) is 8.10. The standard InChI is InChI=1S/C23H30N2O3/c1-28-19-14-8-7-13-18(19)20-21(24-15-9-10-16-24)23(27)25(22(20)26)17-11-5-3-2-4-6-12-17/h7-8,13-14,17H,2-6,9-12,15-16H2,1H3. The number of likely N-dealkylation sites (tertiary alicyclic amines) is 1. The summed E-state index contributed by atoms with van der Waals surface area (Å²) in [6.45, 7) is 1.68. The van der Waals surface area contributed by atoms with Crippen molar-refractivity contribution in [3.05, 3.63) is 35.5 Å². The van der Waals surface area contributed by atoms with Crippen LogP contribution < -0.4 is 4.74 Å². The molecular formula is C23H30N2O3. The van der Waals surface area contributed by atoms with Crippen LogP contribution >= 0.6 is 0 Å². The van der Waals surface area contributed by atoms with Crippen LogP contribution in [-0.2, 0) is 9.59 Å². The van der Waals surface area contributed by atoms with Crippen molar-refractivity contribution in [2.24, 2.45) is 0 Å². The molecule has 4 rings (SSSR count). The van der Waals surface area contributed by atoms with E-state index >= 15 is 0 Å². The Kier molecular flexibility index (Phi) is 5.69. The fourth-order valence-corrected chi connectivity index (χ4v) is 4.89. The van der Waals surface area contributed by atoms with E-state index in [-0.39, 0.29) is 17.9 Å². The molecule has 5 nitrogen and oxygen atoms in total. The summed E-state index contributed by atoms with van der Waals surface area (Å²) >= 11 is 0. The van der Waals surface area contributed by atoms with E-state index < -0.39 is 0 Å². The normalized spacial score (nSPS) is 22.0. The number of nitrogens with zero attached hydrogens (tertiary/aromatic N) is 2. The molecule has 0 N–H and O–H groups in total. The number of hydrogen-bond donors (Lipinski definition) is 0. The average molecular weight is 383 g/mol. The zero-order valence-electron chi connectivity index (χ0n) is 16.8. The van der Waals surface area contributed by atoms with E-state index in [1.807, 2.05) is 24.3 Å². The first kappa shape index (κ1) is 19.0. The molecule has 150 valence electrons. The van der Waals surface area contributed by atoms with Crippen LogP contribution in [0.15, 0.2) is 30.0 Å². The molecule has 28 heavy (non-hydrogen) atoms. The quantitative estimate of drug-likeness (QED) is 0.739. The van der Waals surface area contributed by atoms with Gasteiger partial charge in [-0.1, -0.05) is 50.3 Å². The minimum atomic E-state index is -0.137. The third-order valence-electron chi connectivity index (χ3n) is 6.33. The zero-order chi connectivity index (χ0) is 19.5. The lowest BCUT2D eigenvalue weighted by atomic mass is 9.95. The molecule has 0 unspecified atom stereocenters. The highest BCUT2D eigenvalue weighted by atomic mass is 16.5. The molecule has 2 fully saturated rings. The van der Waals surface area contributed by atoms with E-state index in [0.29, 0.717) is 17.0 Å². The molecule has 2 amide bonds. The Morgan fingerprint density at radius 1 is 0.857 bits per heavy atom. The first-order chi connectivity index (χ1) is 13.7. The van der Waals surface area contributed by atoms with E-state index in [2.05, 4.69) is 4.90 Å². The summed E-state index contributed by atoms with van der Waals surface area (Å²) in [5.41, 5.74) is 1.86. The maximum Gasteiger partial charge on any atom is 0.278 e. The van der Waals surface area contributed by atoms with E-state index in [9.17, 15) is 9.59 Å². The number of amides is 2. The van der Waals surface area contributed by atoms with Crippen molar-refractivity contribution in [3.63, 3.8) is 0 Å². The zero-order valence-corrected chi connectivity index (χ0v) is 16.8. The third kappa shape index (κ3) is 3.43. The van der Waals surface area contributed by atoms with E-state index in [1.165, 1.54) is 19.3 Å². The van der Waals surface area contributed by atoms with Gasteiger partial charge in [-0.05, 0) is 31.7 Å². The first-order valence-electron chi connectivity index (χ1n) is 10.7. The summed E-state index contributed by atoms with van der Waals surface area (Å²) in [5.74, 6) is 0.412. The molecule has 0 radical (unpaired) electrons. The van der Waals surface area contributed by atoms with Crippen molar-refractivity contribution in [3.8, 4) is 5.75 Å². The summed E-state index contributed by atoms with van der Waals surface area (Å²) in [5, 5.41) is 0. The van der Waals surface area contributed by atoms with Crippen LogP contribution in [0.3, 0.4) is 0 Å². The highest BCUT2D eigenvalue weighted by molar-refractivity contribution is 6.36. The SMILES string of the molecule is COc1ccccc1C1=C(N2CCCC2)C(=O)N(C2CCCCCCC2)C1=O. The smallest absolute Gasteiger partial charge is 0.278 e. The van der Waals surface area contributed by atoms with Gasteiger partial charge in [0.2, 0.25) is 0 Å². The first-order valence-corrected chi connectivity index (χ1v) is 10.7. The second kappa shape index (κ2) is 8.38. The van der Waals surface area contributed by atoms with Gasteiger partial charge in [0.05, 0.1) is 12.7 Å². The van der Waals surface area contributed by atoms with Crippen LogP contribution in [0.2, 0.25) is 0 Å². The predicted molar refractivity (Wildman–Crippen MR) is 109 cm³/mol. The average Bonchev–Trinajstić information content (AvgIpc) is 3.29. The lowest BCUT2D eigenvalue weighted by Gasteiger charge is -2.29. The molecule has 0 bridgehead atoms. The van der Waals surface area contributed by atoms with Crippen molar-refractivity contribution in [2.45, 2.75) is 63.8 Å². The summed E-state index contributed by atoms with van der Waals surface area (Å²) < 4.78 is 5.53. The van der Waals surface area contributed by atoms with Crippen LogP contribution in [-0.4, -0.2) is 47.9 Å². The predicted octanol–water partition coefficient (Wildman–Crippen LogP) is 3.98. The number of hydrogen-bond acceptors (Lipinski definition) is 4. The van der Waals surface area contributed by atoms with Crippen LogP contribution in [0.5, 0.6) is 5.75 Å². The van der Waals surface area contributed by atoms with Gasteiger partial charge in [-0.2, -0.15) is 0 Å². The molecule has 2 heterocycles. The molecule has 0 aromatic heterocycles. The van der Waals surface area contributed by atoms with Crippen LogP contribution in [0.25, 0.3) is 5.57 Å². The second-order valence-corrected chi connectivity index (χ2v) is 8.10. The van der Waals surface area contributed by atoms with Gasteiger partial charge in [-0.3, -0.25) is 14.5 Å². The maximum absolute atomic E-state index is 13.6. The van der Waals surface area contributed by atoms with Gasteiger partial charge in [0.15, 0.2) is 0 Å². The largest absolute Gasteiger partial charge is 0.496 e. The molecular weight excluding hydrogens is 352 g/mol. The highest BCUT2D eigenvalue weighted by Gasteiger charge is 2.45. The molecule has 1 saturated carbocycles. The van der Waals surface area contributed by atoms with Gasteiger partial charge in [-0.15, -0.1) is 0 Å². The van der Waals surface area contributed by atoms with Gasteiger partial charge < -0.3 is 9.64 Å². The summed E-state index contributed by atoms with van der Waals surface area (Å²) in [7, 11) is 1.61. The minimum absolute atomic E-state index is 0.0186. The molecule has 2 aliphatic heterocycles. The molecule has 1 saturated heterocycles. The van der Waals surface area contributed by atoms with Crippen molar-refractivity contribution in [1.82, 2.24) is 9.80 Å². The number of carbonyl (C=O) groups excluding carboxylic acids is 2. The fraction of sp³-hybridized carbons (Fsp3) is 0.565. The van der Waals surface area contributed by atoms with Crippen molar-refractivity contribution in [1.29, 1.82) is 0 Å². The lowest BCUT2D eigenvalue weighted by molar-refractivity contribution is -0.140. The van der Waals surface area contributed by atoms with E-state index in [1.54, 1.807) is 12.0 Å². The van der Waals surface area contributed by atoms with Crippen molar-refractivity contribution >= 4 is 17.4 Å². The number of imide groups is 1. The number of rotatable bonds is 4. The van der Waals surface area contributed by atoms with Gasteiger partial charge in [-0.25, -0.2) is 0 Å². The maximum atomic E-state index is 13.6. The molecule has 1 aromatic rings. The Balaban J connectivity index is 1.75. The van der Waals surface area contributed by atoms with Crippen LogP contribution in [0.4, 0.5) is 0 Å². The Bertz CT molecular complexity index is 772. The lowest BCUT2D eigenvalue weighted by Crippen LogP contribution is -2.42. The Hall–Kier alpha value is -2.30. The van der Waals surface area contributed by atoms with Crippen molar-refractivity contribution < 1.29 is 14.3 Å². The monoisotopic (exact) mass is 382 g/mol. The molecule has 5 heteroatoms. The van der Waals surface area contributed by atoms with Gasteiger partial charge in [0.1, 0.15) is 11.4 Å². The van der Waals surface area contributed by atoms with Crippen LogP contribution in [0, 0.1) is 0 Å². The summed E-state index contributed by atoms with van der Waals surface area (Å²) in [6, 6.07) is 7.58. The summed E-state index contributed by atoms with van der Waals surface area (Å²) in [4.78, 5) is 30.9. The number of ether oxygens (including phenoxy) is 1. The number of methoxy groups -OCH3 is 1. The van der Waals surface area contributed by atoms with E-state index in [4.69, 9.17) is 4.74 Å². The Morgan fingerprint density at radius 2 is 1.50 bits per heavy atom. The van der Waals surface area contributed by atoms with Gasteiger partial charge in [0, 0.05) is 24.7 Å². The highest BCUT2D eigenvalue weighted by Crippen LogP contribution is 2.39. The van der Waals surface area contributed by atoms with Gasteiger partial charge >= 0.3 is 0 Å². The summed E-state index contributed by atoms with van der Waals surface area (Å²) in [6.07, 6.45) is 9.79. The van der Waals surface area contributed by atoms with Gasteiger partial charge in [0.25, 0.3) is 11.8 Å². The Morgan fingerprint density at radius 3 is 2.18 bits per heavy atom. The molecule has 0 atom stereocenters. The fourth-order valence-electron chi connectivity index (χ4n) is 4.89. The number of carbonyl (C=O) groups is 2. The topological polar surface area (TPSA) is 49.9 Å². The molecule has 1 aromatic carbocycles. The Labute approximate surface area is 167 Å².